The number of nitro groups is 1. The van der Waals surface area contributed by atoms with Crippen molar-refractivity contribution in [1.29, 1.82) is 0 Å². The molecule has 0 amide bonds. The Morgan fingerprint density at radius 1 is 1.56 bits per heavy atom. The number of carbonyl (C=O) groups excluding carboxylic acids is 1. The number of rotatable bonds is 4. The highest BCUT2D eigenvalue weighted by Crippen LogP contribution is 2.20. The van der Waals surface area contributed by atoms with Crippen molar-refractivity contribution in [2.45, 2.75) is 0 Å². The summed E-state index contributed by atoms with van der Waals surface area (Å²) in [4.78, 5) is 22.8. The Hall–Kier alpha value is -2.66. The predicted molar refractivity (Wildman–Crippen MR) is 56.3 cm³/mol. The second-order valence-electron chi connectivity index (χ2n) is 2.68. The van der Waals surface area contributed by atoms with Crippen molar-refractivity contribution >= 4 is 17.7 Å². The molecule has 0 aliphatic rings. The molecular weight excluding hydrogens is 212 g/mol. The molecular formula is C9H6N4O3. The Bertz CT molecular complexity index is 503. The third kappa shape index (κ3) is 2.66. The molecule has 0 radical (unpaired) electrons. The summed E-state index contributed by atoms with van der Waals surface area (Å²) in [5, 5.41) is 13.8. The van der Waals surface area contributed by atoms with Crippen LogP contribution in [0.4, 0.5) is 5.69 Å². The van der Waals surface area contributed by atoms with Gasteiger partial charge in [0.15, 0.2) is 0 Å². The number of hydrogen-bond donors (Lipinski definition) is 0. The second kappa shape index (κ2) is 5.28. The molecule has 0 heterocycles. The van der Waals surface area contributed by atoms with Gasteiger partial charge in [-0.1, -0.05) is 17.2 Å². The van der Waals surface area contributed by atoms with Gasteiger partial charge >= 0.3 is 0 Å². The van der Waals surface area contributed by atoms with Crippen LogP contribution in [-0.2, 0) is 4.79 Å². The van der Waals surface area contributed by atoms with Crippen molar-refractivity contribution < 1.29 is 9.72 Å². The van der Waals surface area contributed by atoms with E-state index in [0.717, 1.165) is 6.08 Å². The van der Waals surface area contributed by atoms with Crippen molar-refractivity contribution in [3.63, 3.8) is 0 Å². The molecule has 0 fully saturated rings. The summed E-state index contributed by atoms with van der Waals surface area (Å²) >= 11 is 0. The quantitative estimate of drug-likeness (QED) is 0.147. The van der Waals surface area contributed by atoms with E-state index in [1.54, 1.807) is 0 Å². The van der Waals surface area contributed by atoms with Gasteiger partial charge in [0.05, 0.1) is 4.92 Å². The van der Waals surface area contributed by atoms with Crippen molar-refractivity contribution in [2.75, 3.05) is 0 Å². The zero-order valence-electron chi connectivity index (χ0n) is 7.98. The number of non-ortho nitro benzene ring substituents is 1. The maximum absolute atomic E-state index is 10.5. The minimum atomic E-state index is -0.571. The van der Waals surface area contributed by atoms with E-state index in [4.69, 9.17) is 5.53 Å². The number of azide groups is 1. The molecule has 1 aromatic carbocycles. The smallest absolute Gasteiger partial charge is 0.270 e. The summed E-state index contributed by atoms with van der Waals surface area (Å²) in [7, 11) is 0. The minimum Gasteiger partial charge on any atom is -0.299 e. The van der Waals surface area contributed by atoms with Crippen LogP contribution < -0.4 is 0 Å². The molecule has 0 atom stereocenters. The van der Waals surface area contributed by atoms with Gasteiger partial charge in [0.25, 0.3) is 5.69 Å². The Kier molecular flexibility index (Phi) is 3.77. The van der Waals surface area contributed by atoms with Gasteiger partial charge in [0.2, 0.25) is 0 Å². The normalized spacial score (nSPS) is 10.4. The lowest BCUT2D eigenvalue weighted by atomic mass is 10.1. The number of nitrogens with zero attached hydrogens (tertiary/aromatic N) is 4. The van der Waals surface area contributed by atoms with Crippen molar-refractivity contribution in [3.05, 3.63) is 56.5 Å². The lowest BCUT2D eigenvalue weighted by Gasteiger charge is -1.98. The van der Waals surface area contributed by atoms with Gasteiger partial charge in [-0.2, -0.15) is 0 Å². The molecule has 0 saturated carbocycles. The lowest BCUT2D eigenvalue weighted by Crippen LogP contribution is -1.89. The molecule has 7 nitrogen and oxygen atoms in total. The van der Waals surface area contributed by atoms with Crippen molar-refractivity contribution in [1.82, 2.24) is 0 Å². The highest BCUT2D eigenvalue weighted by molar-refractivity contribution is 5.81. The molecule has 16 heavy (non-hydrogen) atoms. The van der Waals surface area contributed by atoms with Crippen LogP contribution >= 0.6 is 0 Å². The molecule has 1 aromatic rings. The minimum absolute atomic E-state index is 0.0428. The Labute approximate surface area is 89.8 Å². The van der Waals surface area contributed by atoms with E-state index in [2.05, 4.69) is 10.0 Å². The third-order valence-electron chi connectivity index (χ3n) is 1.73. The van der Waals surface area contributed by atoms with E-state index in [-0.39, 0.29) is 11.4 Å². The van der Waals surface area contributed by atoms with E-state index in [9.17, 15) is 14.9 Å². The van der Waals surface area contributed by atoms with Gasteiger partial charge in [-0.25, -0.2) is 0 Å². The predicted octanol–water partition coefficient (Wildman–Crippen LogP) is 2.44. The zero-order chi connectivity index (χ0) is 12.0. The van der Waals surface area contributed by atoms with Gasteiger partial charge < -0.3 is 0 Å². The molecule has 0 bridgehead atoms. The van der Waals surface area contributed by atoms with E-state index >= 15 is 0 Å². The van der Waals surface area contributed by atoms with Crippen LogP contribution in [0.3, 0.4) is 0 Å². The van der Waals surface area contributed by atoms with Gasteiger partial charge in [-0.05, 0) is 17.2 Å². The number of hydrogen-bond acceptors (Lipinski definition) is 4. The molecule has 0 saturated heterocycles. The van der Waals surface area contributed by atoms with Crippen LogP contribution in [0.25, 0.3) is 16.1 Å². The van der Waals surface area contributed by atoms with E-state index in [1.165, 1.54) is 24.3 Å². The molecule has 0 spiro atoms. The van der Waals surface area contributed by atoms with E-state index < -0.39 is 4.92 Å². The summed E-state index contributed by atoms with van der Waals surface area (Å²) in [6, 6.07) is 5.48. The highest BCUT2D eigenvalue weighted by atomic mass is 16.6. The molecule has 80 valence electrons. The first kappa shape index (κ1) is 11.4. The highest BCUT2D eigenvalue weighted by Gasteiger charge is 2.07. The number of carbonyl (C=O) groups is 1. The molecule has 0 aliphatic carbocycles. The summed E-state index contributed by atoms with van der Waals surface area (Å²) in [6.07, 6.45) is 1.49. The standard InChI is InChI=1S/C9H6N4O3/c10-12-11-9(4-5-14)7-2-1-3-8(6-7)13(15)16/h1-6H/b9-4-. The number of aldehydes is 1. The van der Waals surface area contributed by atoms with E-state index in [0.29, 0.717) is 11.8 Å². The SMILES string of the molecule is [N-]=[N+]=N/C(=C\C=O)c1cccc([N+](=O)[O-])c1. The van der Waals surface area contributed by atoms with Gasteiger partial charge in [-0.15, -0.1) is 0 Å². The largest absolute Gasteiger partial charge is 0.299 e. The van der Waals surface area contributed by atoms with Gasteiger partial charge in [-0.3, -0.25) is 14.9 Å². The first-order chi connectivity index (χ1) is 7.69. The van der Waals surface area contributed by atoms with Crippen LogP contribution in [0.15, 0.2) is 35.5 Å². The van der Waals surface area contributed by atoms with Crippen molar-refractivity contribution in [2.24, 2.45) is 5.11 Å². The van der Waals surface area contributed by atoms with E-state index in [1.807, 2.05) is 0 Å². The Balaban J connectivity index is 3.25. The average molecular weight is 218 g/mol. The number of nitro benzene ring substituents is 1. The summed E-state index contributed by atoms with van der Waals surface area (Å²) in [5.74, 6) is 0. The van der Waals surface area contributed by atoms with Gasteiger partial charge in [0, 0.05) is 22.7 Å². The topological polar surface area (TPSA) is 109 Å². The summed E-state index contributed by atoms with van der Waals surface area (Å²) in [5.41, 5.74) is 8.50. The summed E-state index contributed by atoms with van der Waals surface area (Å²) in [6.45, 7) is 0. The Morgan fingerprint density at radius 3 is 2.88 bits per heavy atom. The maximum atomic E-state index is 10.5. The molecule has 0 aromatic heterocycles. The maximum Gasteiger partial charge on any atom is 0.270 e. The fourth-order valence-corrected chi connectivity index (χ4v) is 1.08. The lowest BCUT2D eigenvalue weighted by molar-refractivity contribution is -0.384. The molecule has 1 rings (SSSR count). The number of benzene rings is 1. The second-order valence-corrected chi connectivity index (χ2v) is 2.68. The number of allylic oxidation sites excluding steroid dienone is 1. The first-order valence-electron chi connectivity index (χ1n) is 4.14. The first-order valence-corrected chi connectivity index (χ1v) is 4.14. The van der Waals surface area contributed by atoms with Crippen LogP contribution in [-0.4, -0.2) is 11.2 Å². The van der Waals surface area contributed by atoms with Crippen LogP contribution in [0.5, 0.6) is 0 Å². The molecule has 0 unspecified atom stereocenters. The molecule has 0 aliphatic heterocycles. The zero-order valence-corrected chi connectivity index (χ0v) is 7.98. The fraction of sp³-hybridized carbons (Fsp3) is 0. The van der Waals surface area contributed by atoms with Crippen molar-refractivity contribution in [3.8, 4) is 0 Å². The molecule has 0 N–H and O–H groups in total. The third-order valence-corrected chi connectivity index (χ3v) is 1.73. The van der Waals surface area contributed by atoms with Crippen LogP contribution in [0.2, 0.25) is 0 Å². The van der Waals surface area contributed by atoms with Crippen LogP contribution in [0.1, 0.15) is 5.56 Å². The monoisotopic (exact) mass is 218 g/mol. The van der Waals surface area contributed by atoms with Crippen LogP contribution in [0, 0.1) is 10.1 Å². The Morgan fingerprint density at radius 2 is 2.31 bits per heavy atom. The fourth-order valence-electron chi connectivity index (χ4n) is 1.08. The molecule has 7 heteroatoms. The summed E-state index contributed by atoms with van der Waals surface area (Å²) < 4.78 is 0. The average Bonchev–Trinajstić information content (AvgIpc) is 2.29. The van der Waals surface area contributed by atoms with Gasteiger partial charge in [0.1, 0.15) is 6.29 Å².